The zero-order valence-electron chi connectivity index (χ0n) is 12.0. The van der Waals surface area contributed by atoms with Gasteiger partial charge in [0.15, 0.2) is 0 Å². The summed E-state index contributed by atoms with van der Waals surface area (Å²) in [6.45, 7) is 4.48. The zero-order valence-corrected chi connectivity index (χ0v) is 12.0. The van der Waals surface area contributed by atoms with Gasteiger partial charge in [-0.05, 0) is 24.1 Å². The lowest BCUT2D eigenvalue weighted by Crippen LogP contribution is -2.02. The lowest BCUT2D eigenvalue weighted by molar-refractivity contribution is 0.481. The molecule has 0 spiro atoms. The van der Waals surface area contributed by atoms with E-state index in [-0.39, 0.29) is 0 Å². The second-order valence-electron chi connectivity index (χ2n) is 5.24. The summed E-state index contributed by atoms with van der Waals surface area (Å²) in [5.74, 6) is 2.69. The Morgan fingerprint density at radius 2 is 2.05 bits per heavy atom. The molecule has 20 heavy (non-hydrogen) atoms. The van der Waals surface area contributed by atoms with Gasteiger partial charge < -0.3 is 9.97 Å². The molecule has 0 radical (unpaired) electrons. The van der Waals surface area contributed by atoms with Crippen LogP contribution >= 0.6 is 0 Å². The van der Waals surface area contributed by atoms with Crippen molar-refractivity contribution in [1.29, 1.82) is 0 Å². The van der Waals surface area contributed by atoms with Gasteiger partial charge in [0.05, 0.1) is 11.0 Å². The van der Waals surface area contributed by atoms with E-state index in [1.807, 2.05) is 6.20 Å². The molecule has 0 aliphatic rings. The molecular formula is C16H20N4. The minimum atomic E-state index is 0.708. The second kappa shape index (κ2) is 5.49. The molecule has 4 heteroatoms. The molecule has 0 aliphatic carbocycles. The summed E-state index contributed by atoms with van der Waals surface area (Å²) in [4.78, 5) is 15.5. The highest BCUT2D eigenvalue weighted by molar-refractivity contribution is 5.80. The van der Waals surface area contributed by atoms with E-state index in [4.69, 9.17) is 0 Å². The summed E-state index contributed by atoms with van der Waals surface area (Å²) in [5, 5.41) is 0. The first-order valence-electron chi connectivity index (χ1n) is 7.28. The number of hydrogen-bond donors (Lipinski definition) is 2. The molecule has 0 unspecified atom stereocenters. The lowest BCUT2D eigenvalue weighted by Gasteiger charge is -2.08. The maximum atomic E-state index is 4.68. The van der Waals surface area contributed by atoms with Crippen molar-refractivity contribution >= 4 is 11.0 Å². The first-order valence-corrected chi connectivity index (χ1v) is 7.28. The van der Waals surface area contributed by atoms with Gasteiger partial charge in [0.2, 0.25) is 0 Å². The fraction of sp³-hybridized carbons (Fsp3) is 0.375. The maximum absolute atomic E-state index is 4.68. The van der Waals surface area contributed by atoms with Crippen molar-refractivity contribution in [2.45, 2.75) is 33.1 Å². The summed E-state index contributed by atoms with van der Waals surface area (Å²) in [5.41, 5.74) is 3.20. The SMILES string of the molecule is CCC(CC)Cc1nc2ccc(-c3ncc[nH]3)cc2[nH]1. The Balaban J connectivity index is 1.91. The molecule has 0 atom stereocenters. The highest BCUT2D eigenvalue weighted by atomic mass is 14.9. The van der Waals surface area contributed by atoms with Crippen LogP contribution in [-0.2, 0) is 6.42 Å². The Labute approximate surface area is 118 Å². The molecule has 0 saturated heterocycles. The van der Waals surface area contributed by atoms with Gasteiger partial charge in [-0.25, -0.2) is 9.97 Å². The van der Waals surface area contributed by atoms with E-state index in [9.17, 15) is 0 Å². The Hall–Kier alpha value is -2.10. The van der Waals surface area contributed by atoms with E-state index in [1.54, 1.807) is 6.20 Å². The molecule has 2 aromatic heterocycles. The van der Waals surface area contributed by atoms with E-state index < -0.39 is 0 Å². The van der Waals surface area contributed by atoms with Crippen LogP contribution in [0.25, 0.3) is 22.4 Å². The van der Waals surface area contributed by atoms with Gasteiger partial charge in [-0.3, -0.25) is 0 Å². The summed E-state index contributed by atoms with van der Waals surface area (Å²) >= 11 is 0. The maximum Gasteiger partial charge on any atom is 0.137 e. The number of aromatic nitrogens is 4. The summed E-state index contributed by atoms with van der Waals surface area (Å²) in [6, 6.07) is 6.22. The molecule has 2 N–H and O–H groups in total. The van der Waals surface area contributed by atoms with Crippen molar-refractivity contribution in [2.75, 3.05) is 0 Å². The van der Waals surface area contributed by atoms with Crippen LogP contribution in [0, 0.1) is 5.92 Å². The van der Waals surface area contributed by atoms with Crippen LogP contribution in [0.1, 0.15) is 32.5 Å². The molecule has 0 bridgehead atoms. The number of rotatable bonds is 5. The number of H-pyrrole nitrogens is 2. The van der Waals surface area contributed by atoms with E-state index in [0.717, 1.165) is 34.7 Å². The largest absolute Gasteiger partial charge is 0.345 e. The van der Waals surface area contributed by atoms with Crippen LogP contribution in [0.5, 0.6) is 0 Å². The highest BCUT2D eigenvalue weighted by Crippen LogP contribution is 2.22. The molecule has 3 aromatic rings. The lowest BCUT2D eigenvalue weighted by atomic mass is 9.99. The molecule has 1 aromatic carbocycles. The number of hydrogen-bond acceptors (Lipinski definition) is 2. The third-order valence-corrected chi connectivity index (χ3v) is 3.94. The minimum absolute atomic E-state index is 0.708. The van der Waals surface area contributed by atoms with Crippen molar-refractivity contribution in [3.8, 4) is 11.4 Å². The number of imidazole rings is 2. The van der Waals surface area contributed by atoms with Gasteiger partial charge in [0.25, 0.3) is 0 Å². The molecule has 0 aliphatic heterocycles. The average molecular weight is 268 g/mol. The van der Waals surface area contributed by atoms with Crippen LogP contribution in [0.4, 0.5) is 0 Å². The molecule has 0 fully saturated rings. The second-order valence-corrected chi connectivity index (χ2v) is 5.24. The fourth-order valence-electron chi connectivity index (χ4n) is 2.58. The monoisotopic (exact) mass is 268 g/mol. The Morgan fingerprint density at radius 3 is 2.75 bits per heavy atom. The van der Waals surface area contributed by atoms with Gasteiger partial charge >= 0.3 is 0 Å². The summed E-state index contributed by atoms with van der Waals surface area (Å²) in [6.07, 6.45) is 7.03. The molecular weight excluding hydrogens is 248 g/mol. The molecule has 0 amide bonds. The van der Waals surface area contributed by atoms with Crippen LogP contribution in [0.3, 0.4) is 0 Å². The molecule has 2 heterocycles. The molecule has 3 rings (SSSR count). The van der Waals surface area contributed by atoms with Gasteiger partial charge in [-0.15, -0.1) is 0 Å². The topological polar surface area (TPSA) is 57.4 Å². The van der Waals surface area contributed by atoms with Crippen molar-refractivity contribution < 1.29 is 0 Å². The third kappa shape index (κ3) is 2.46. The molecule has 0 saturated carbocycles. The zero-order chi connectivity index (χ0) is 13.9. The number of fused-ring (bicyclic) bond motifs is 1. The molecule has 104 valence electrons. The van der Waals surface area contributed by atoms with Gasteiger partial charge in [-0.1, -0.05) is 26.7 Å². The third-order valence-electron chi connectivity index (χ3n) is 3.94. The number of nitrogens with one attached hydrogen (secondary N) is 2. The fourth-order valence-corrected chi connectivity index (χ4v) is 2.58. The summed E-state index contributed by atoms with van der Waals surface area (Å²) in [7, 11) is 0. The number of aromatic amines is 2. The highest BCUT2D eigenvalue weighted by Gasteiger charge is 2.10. The number of nitrogens with zero attached hydrogens (tertiary/aromatic N) is 2. The van der Waals surface area contributed by atoms with E-state index in [1.165, 1.54) is 12.8 Å². The predicted octanol–water partition coefficient (Wildman–Crippen LogP) is 3.93. The predicted molar refractivity (Wildman–Crippen MR) is 81.5 cm³/mol. The van der Waals surface area contributed by atoms with Crippen LogP contribution in [-0.4, -0.2) is 19.9 Å². The molecule has 4 nitrogen and oxygen atoms in total. The van der Waals surface area contributed by atoms with Crippen molar-refractivity contribution in [3.05, 3.63) is 36.4 Å². The van der Waals surface area contributed by atoms with E-state index in [0.29, 0.717) is 5.92 Å². The van der Waals surface area contributed by atoms with Crippen LogP contribution in [0.15, 0.2) is 30.6 Å². The Kier molecular flexibility index (Phi) is 3.54. The van der Waals surface area contributed by atoms with Crippen molar-refractivity contribution in [1.82, 2.24) is 19.9 Å². The Bertz CT molecular complexity index is 678. The first kappa shape index (κ1) is 12.9. The number of benzene rings is 1. The quantitative estimate of drug-likeness (QED) is 0.736. The van der Waals surface area contributed by atoms with Crippen molar-refractivity contribution in [2.24, 2.45) is 5.92 Å². The van der Waals surface area contributed by atoms with E-state index >= 15 is 0 Å². The van der Waals surface area contributed by atoms with Crippen LogP contribution in [0.2, 0.25) is 0 Å². The smallest absolute Gasteiger partial charge is 0.137 e. The van der Waals surface area contributed by atoms with E-state index in [2.05, 4.69) is 52.0 Å². The van der Waals surface area contributed by atoms with Crippen LogP contribution < -0.4 is 0 Å². The van der Waals surface area contributed by atoms with Gasteiger partial charge in [0.1, 0.15) is 11.6 Å². The average Bonchev–Trinajstić information content (AvgIpc) is 3.12. The van der Waals surface area contributed by atoms with Gasteiger partial charge in [-0.2, -0.15) is 0 Å². The van der Waals surface area contributed by atoms with Gasteiger partial charge in [0, 0.05) is 24.4 Å². The minimum Gasteiger partial charge on any atom is -0.345 e. The first-order chi connectivity index (χ1) is 9.80. The Morgan fingerprint density at radius 1 is 1.20 bits per heavy atom. The van der Waals surface area contributed by atoms with Crippen molar-refractivity contribution in [3.63, 3.8) is 0 Å². The summed E-state index contributed by atoms with van der Waals surface area (Å²) < 4.78 is 0. The normalized spacial score (nSPS) is 11.6. The standard InChI is InChI=1S/C16H20N4/c1-3-11(4-2)9-15-19-13-6-5-12(10-14(13)20-15)16-17-7-8-18-16/h5-8,10-11H,3-4,9H2,1-2H3,(H,17,18)(H,19,20).